The Labute approximate surface area is 151 Å². The van der Waals surface area contributed by atoms with Crippen molar-refractivity contribution in [2.45, 2.75) is 95.9 Å². The van der Waals surface area contributed by atoms with Gasteiger partial charge in [0.2, 0.25) is 0 Å². The SMILES string of the molecule is CCCCC[C@H](O)/C=C/C1C2CC(OO2)[C@@H]1CCCCCCC(=O)O. The average molecular weight is 354 g/mol. The molecule has 3 unspecified atom stereocenters. The van der Waals surface area contributed by atoms with Crippen molar-refractivity contribution in [3.63, 3.8) is 0 Å². The van der Waals surface area contributed by atoms with Gasteiger partial charge in [-0.25, -0.2) is 9.78 Å². The van der Waals surface area contributed by atoms with Crippen LogP contribution in [-0.2, 0) is 14.6 Å². The second-order valence-corrected chi connectivity index (χ2v) is 7.54. The van der Waals surface area contributed by atoms with Crippen molar-refractivity contribution in [3.8, 4) is 0 Å². The van der Waals surface area contributed by atoms with E-state index >= 15 is 0 Å². The van der Waals surface area contributed by atoms with E-state index in [1.807, 2.05) is 6.08 Å². The number of aliphatic hydroxyl groups is 1. The first-order valence-electron chi connectivity index (χ1n) is 10.0. The van der Waals surface area contributed by atoms with Crippen LogP contribution in [0.3, 0.4) is 0 Å². The highest BCUT2D eigenvalue weighted by atomic mass is 17.2. The van der Waals surface area contributed by atoms with Gasteiger partial charge in [-0.15, -0.1) is 0 Å². The van der Waals surface area contributed by atoms with E-state index in [1.165, 1.54) is 12.8 Å². The molecule has 0 aromatic rings. The van der Waals surface area contributed by atoms with Gasteiger partial charge in [0.05, 0.1) is 12.2 Å². The molecule has 0 radical (unpaired) electrons. The van der Waals surface area contributed by atoms with E-state index in [0.29, 0.717) is 11.8 Å². The molecule has 0 aromatic heterocycles. The summed E-state index contributed by atoms with van der Waals surface area (Å²) < 4.78 is 0. The molecule has 2 fully saturated rings. The van der Waals surface area contributed by atoms with Crippen LogP contribution >= 0.6 is 0 Å². The van der Waals surface area contributed by atoms with Crippen molar-refractivity contribution in [2.24, 2.45) is 11.8 Å². The first kappa shape index (κ1) is 20.4. The molecule has 1 aliphatic carbocycles. The minimum absolute atomic E-state index is 0.126. The Bertz CT molecular complexity index is 422. The van der Waals surface area contributed by atoms with Crippen LogP contribution in [0, 0.1) is 11.8 Å². The van der Waals surface area contributed by atoms with Crippen LogP contribution in [0.2, 0.25) is 0 Å². The fraction of sp³-hybridized carbons (Fsp3) is 0.850. The van der Waals surface area contributed by atoms with Gasteiger partial charge in [-0.1, -0.05) is 57.6 Å². The number of hydrogen-bond acceptors (Lipinski definition) is 4. The molecule has 1 heterocycles. The van der Waals surface area contributed by atoms with Crippen LogP contribution in [0.1, 0.15) is 77.6 Å². The van der Waals surface area contributed by atoms with E-state index in [9.17, 15) is 9.90 Å². The minimum atomic E-state index is -0.707. The normalized spacial score (nSPS) is 29.5. The van der Waals surface area contributed by atoms with E-state index in [1.54, 1.807) is 0 Å². The summed E-state index contributed by atoms with van der Waals surface area (Å²) in [7, 11) is 0. The molecular weight excluding hydrogens is 320 g/mol. The Kier molecular flexibility index (Phi) is 8.93. The Balaban J connectivity index is 1.71. The third-order valence-electron chi connectivity index (χ3n) is 5.51. The zero-order chi connectivity index (χ0) is 18.1. The first-order valence-corrected chi connectivity index (χ1v) is 10.0. The third-order valence-corrected chi connectivity index (χ3v) is 5.51. The molecule has 144 valence electrons. The van der Waals surface area contributed by atoms with E-state index in [0.717, 1.165) is 51.4 Å². The maximum atomic E-state index is 10.5. The third kappa shape index (κ3) is 6.72. The van der Waals surface area contributed by atoms with Gasteiger partial charge in [-0.05, 0) is 25.2 Å². The standard InChI is InChI=1S/C20H34O5/c1-2-3-6-9-15(21)12-13-17-16(18-14-19(17)25-24-18)10-7-4-5-8-11-20(22)23/h12-13,15-19,21H,2-11,14H2,1H3,(H,22,23)/b13-12+/t15-,16+,17?,18?,19?/m0/s1. The Morgan fingerprint density at radius 1 is 1.12 bits per heavy atom. The number of rotatable bonds is 13. The van der Waals surface area contributed by atoms with Crippen LogP contribution in [0.4, 0.5) is 0 Å². The second-order valence-electron chi connectivity index (χ2n) is 7.54. The quantitative estimate of drug-likeness (QED) is 0.294. The molecule has 25 heavy (non-hydrogen) atoms. The number of unbranched alkanes of at least 4 members (excludes halogenated alkanes) is 5. The van der Waals surface area contributed by atoms with Crippen LogP contribution in [0.15, 0.2) is 12.2 Å². The largest absolute Gasteiger partial charge is 0.481 e. The first-order chi connectivity index (χ1) is 12.1. The molecule has 5 heteroatoms. The highest BCUT2D eigenvalue weighted by molar-refractivity contribution is 5.66. The fourth-order valence-corrected chi connectivity index (χ4v) is 4.05. The van der Waals surface area contributed by atoms with Gasteiger partial charge in [0.15, 0.2) is 0 Å². The van der Waals surface area contributed by atoms with Gasteiger partial charge < -0.3 is 10.2 Å². The highest BCUT2D eigenvalue weighted by Gasteiger charge is 2.49. The smallest absolute Gasteiger partial charge is 0.303 e. The van der Waals surface area contributed by atoms with Crippen LogP contribution in [0.25, 0.3) is 0 Å². The molecule has 2 bridgehead atoms. The van der Waals surface area contributed by atoms with Crippen LogP contribution in [0.5, 0.6) is 0 Å². The minimum Gasteiger partial charge on any atom is -0.481 e. The topological polar surface area (TPSA) is 76.0 Å². The number of carboxylic acids is 1. The lowest BCUT2D eigenvalue weighted by atomic mass is 9.87. The molecule has 5 atom stereocenters. The van der Waals surface area contributed by atoms with Gasteiger partial charge in [0.25, 0.3) is 0 Å². The number of carboxylic acid groups (broad SMARTS) is 1. The predicted octanol–water partition coefficient (Wildman–Crippen LogP) is 4.24. The molecule has 5 nitrogen and oxygen atoms in total. The molecule has 0 aromatic carbocycles. The van der Waals surface area contributed by atoms with Gasteiger partial charge in [-0.3, -0.25) is 4.79 Å². The fourth-order valence-electron chi connectivity index (χ4n) is 4.05. The van der Waals surface area contributed by atoms with Crippen molar-refractivity contribution in [2.75, 3.05) is 0 Å². The lowest BCUT2D eigenvalue weighted by molar-refractivity contribution is -0.337. The summed E-state index contributed by atoms with van der Waals surface area (Å²) in [6.07, 6.45) is 14.5. The van der Waals surface area contributed by atoms with Crippen LogP contribution < -0.4 is 0 Å². The Morgan fingerprint density at radius 3 is 2.64 bits per heavy atom. The summed E-state index contributed by atoms with van der Waals surface area (Å²) in [5.74, 6) is 0.0808. The van der Waals surface area contributed by atoms with Crippen LogP contribution in [-0.4, -0.2) is 34.5 Å². The lowest BCUT2D eigenvalue weighted by Gasteiger charge is -2.28. The Morgan fingerprint density at radius 2 is 1.88 bits per heavy atom. The molecular formula is C20H34O5. The van der Waals surface area contributed by atoms with Gasteiger partial charge in [0, 0.05) is 18.8 Å². The average Bonchev–Trinajstić information content (AvgIpc) is 3.17. The summed E-state index contributed by atoms with van der Waals surface area (Å²) in [6, 6.07) is 0. The molecule has 2 N–H and O–H groups in total. The Hall–Kier alpha value is -0.910. The van der Waals surface area contributed by atoms with E-state index in [-0.39, 0.29) is 24.7 Å². The van der Waals surface area contributed by atoms with Crippen molar-refractivity contribution in [1.82, 2.24) is 0 Å². The van der Waals surface area contributed by atoms with Gasteiger partial charge >= 0.3 is 5.97 Å². The number of aliphatic carboxylic acids is 1. The molecule has 1 saturated carbocycles. The van der Waals surface area contributed by atoms with E-state index in [4.69, 9.17) is 14.9 Å². The summed E-state index contributed by atoms with van der Waals surface area (Å²) in [4.78, 5) is 21.3. The number of fused-ring (bicyclic) bond motifs is 2. The zero-order valence-electron chi connectivity index (χ0n) is 15.4. The molecule has 1 aliphatic heterocycles. The zero-order valence-corrected chi connectivity index (χ0v) is 15.4. The maximum absolute atomic E-state index is 10.5. The monoisotopic (exact) mass is 354 g/mol. The number of hydrogen-bond donors (Lipinski definition) is 2. The molecule has 2 rings (SSSR count). The lowest BCUT2D eigenvalue weighted by Crippen LogP contribution is -2.29. The van der Waals surface area contributed by atoms with E-state index in [2.05, 4.69) is 13.0 Å². The highest BCUT2D eigenvalue weighted by Crippen LogP contribution is 2.45. The second kappa shape index (κ2) is 10.9. The van der Waals surface area contributed by atoms with Gasteiger partial charge in [0.1, 0.15) is 6.10 Å². The molecule has 0 spiro atoms. The number of carbonyl (C=O) groups is 1. The van der Waals surface area contributed by atoms with E-state index < -0.39 is 5.97 Å². The molecule has 1 saturated heterocycles. The molecule has 2 aliphatic rings. The van der Waals surface area contributed by atoms with Crippen molar-refractivity contribution in [1.29, 1.82) is 0 Å². The van der Waals surface area contributed by atoms with Crippen molar-refractivity contribution < 1.29 is 24.8 Å². The summed E-state index contributed by atoms with van der Waals surface area (Å²) >= 11 is 0. The molecule has 0 amide bonds. The summed E-state index contributed by atoms with van der Waals surface area (Å²) in [6.45, 7) is 2.17. The number of aliphatic hydroxyl groups excluding tert-OH is 1. The summed E-state index contributed by atoms with van der Waals surface area (Å²) in [5, 5.41) is 18.8. The van der Waals surface area contributed by atoms with Gasteiger partial charge in [-0.2, -0.15) is 0 Å². The van der Waals surface area contributed by atoms with Crippen molar-refractivity contribution in [3.05, 3.63) is 12.2 Å². The van der Waals surface area contributed by atoms with Crippen molar-refractivity contribution >= 4 is 5.97 Å². The predicted molar refractivity (Wildman–Crippen MR) is 96.0 cm³/mol. The maximum Gasteiger partial charge on any atom is 0.303 e. The summed E-state index contributed by atoms with van der Waals surface area (Å²) in [5.41, 5.74) is 0.